The quantitative estimate of drug-likeness (QED) is 0.602. The largest absolute Gasteiger partial charge is 0.347 e. The number of nitrogens with zero attached hydrogens (tertiary/aromatic N) is 2. The molecular weight excluding hydrogens is 358 g/mol. The molecule has 1 aliphatic rings. The third kappa shape index (κ3) is 3.47. The first-order chi connectivity index (χ1) is 12.9. The van der Waals surface area contributed by atoms with E-state index in [0.29, 0.717) is 10.7 Å². The zero-order chi connectivity index (χ0) is 19.6. The fourth-order valence-corrected chi connectivity index (χ4v) is 3.56. The number of fused-ring (bicyclic) bond motifs is 1. The summed E-state index contributed by atoms with van der Waals surface area (Å²) in [4.78, 5) is 14.5. The van der Waals surface area contributed by atoms with E-state index in [0.717, 1.165) is 11.4 Å². The molecule has 27 heavy (non-hydrogen) atoms. The van der Waals surface area contributed by atoms with E-state index in [1.54, 1.807) is 30.3 Å². The number of benzene rings is 2. The summed E-state index contributed by atoms with van der Waals surface area (Å²) in [7, 11) is 1.99. The van der Waals surface area contributed by atoms with Gasteiger partial charge in [0.25, 0.3) is 5.91 Å². The van der Waals surface area contributed by atoms with Gasteiger partial charge in [0.2, 0.25) is 0 Å². The van der Waals surface area contributed by atoms with Crippen LogP contribution in [0.15, 0.2) is 72.0 Å². The number of nitrogens with one attached hydrogen (secondary N) is 1. The zero-order valence-electron chi connectivity index (χ0n) is 15.5. The second kappa shape index (κ2) is 7.30. The first-order valence-corrected chi connectivity index (χ1v) is 8.95. The minimum atomic E-state index is -0.488. The van der Waals surface area contributed by atoms with Gasteiger partial charge in [0.1, 0.15) is 11.6 Å². The fourth-order valence-electron chi connectivity index (χ4n) is 3.38. The van der Waals surface area contributed by atoms with Crippen molar-refractivity contribution in [3.8, 4) is 6.07 Å². The van der Waals surface area contributed by atoms with Crippen LogP contribution < -0.4 is 10.2 Å². The fraction of sp³-hybridized carbons (Fsp3) is 0.182. The number of allylic oxidation sites excluding steroid dienone is 3. The molecule has 0 fully saturated rings. The molecule has 2 aromatic rings. The summed E-state index contributed by atoms with van der Waals surface area (Å²) in [6.45, 7) is 4.26. The summed E-state index contributed by atoms with van der Waals surface area (Å²) < 4.78 is 0. The molecule has 1 amide bonds. The lowest BCUT2D eigenvalue weighted by molar-refractivity contribution is -0.112. The lowest BCUT2D eigenvalue weighted by Crippen LogP contribution is -2.22. The summed E-state index contributed by atoms with van der Waals surface area (Å²) in [6.07, 6.45) is 3.40. The summed E-state index contributed by atoms with van der Waals surface area (Å²) in [5, 5.41) is 12.5. The van der Waals surface area contributed by atoms with Crippen LogP contribution in [0.2, 0.25) is 5.02 Å². The van der Waals surface area contributed by atoms with E-state index in [2.05, 4.69) is 36.2 Å². The molecule has 4 nitrogen and oxygen atoms in total. The lowest BCUT2D eigenvalue weighted by atomic mass is 9.83. The molecule has 0 atom stereocenters. The number of hydrogen-bond donors (Lipinski definition) is 1. The average Bonchev–Trinajstić information content (AvgIpc) is 2.85. The van der Waals surface area contributed by atoms with E-state index in [9.17, 15) is 10.1 Å². The first-order valence-electron chi connectivity index (χ1n) is 8.58. The summed E-state index contributed by atoms with van der Waals surface area (Å²) in [5.41, 5.74) is 3.63. The predicted molar refractivity (Wildman–Crippen MR) is 110 cm³/mol. The number of para-hydroxylation sites is 2. The van der Waals surface area contributed by atoms with Gasteiger partial charge in [0.05, 0.1) is 10.7 Å². The highest BCUT2D eigenvalue weighted by molar-refractivity contribution is 6.34. The Morgan fingerprint density at radius 1 is 1.19 bits per heavy atom. The highest BCUT2D eigenvalue weighted by Gasteiger charge is 2.37. The minimum absolute atomic E-state index is 0.0163. The van der Waals surface area contributed by atoms with Gasteiger partial charge in [-0.05, 0) is 35.9 Å². The smallest absolute Gasteiger partial charge is 0.266 e. The number of anilines is 2. The van der Waals surface area contributed by atoms with Crippen LogP contribution in [0, 0.1) is 11.3 Å². The topological polar surface area (TPSA) is 56.1 Å². The highest BCUT2D eigenvalue weighted by Crippen LogP contribution is 2.46. The zero-order valence-corrected chi connectivity index (χ0v) is 16.2. The highest BCUT2D eigenvalue weighted by atomic mass is 35.5. The summed E-state index contributed by atoms with van der Waals surface area (Å²) in [6, 6.07) is 17.1. The van der Waals surface area contributed by atoms with Crippen molar-refractivity contribution in [2.24, 2.45) is 0 Å². The molecule has 1 N–H and O–H groups in total. The standard InChI is InChI=1S/C22H20ClN3O/c1-22(2)16-8-4-7-11-19(16)26(3)20(22)13-12-15(14-24)21(27)25-18-10-6-5-9-17(18)23/h4-13H,1-3H3,(H,25,27)/b15-12+,20-13-. The molecule has 1 heterocycles. The van der Waals surface area contributed by atoms with Gasteiger partial charge in [0, 0.05) is 23.8 Å². The van der Waals surface area contributed by atoms with Gasteiger partial charge < -0.3 is 10.2 Å². The van der Waals surface area contributed by atoms with Crippen molar-refractivity contribution in [3.05, 3.63) is 82.5 Å². The Balaban J connectivity index is 1.90. The van der Waals surface area contributed by atoms with Crippen LogP contribution >= 0.6 is 11.6 Å². The second-order valence-corrected chi connectivity index (χ2v) is 7.29. The Bertz CT molecular complexity index is 999. The van der Waals surface area contributed by atoms with Crippen molar-refractivity contribution in [2.45, 2.75) is 19.3 Å². The van der Waals surface area contributed by atoms with Gasteiger partial charge in [-0.1, -0.05) is 55.8 Å². The molecule has 0 unspecified atom stereocenters. The number of nitriles is 1. The van der Waals surface area contributed by atoms with Gasteiger partial charge in [-0.25, -0.2) is 0 Å². The molecule has 136 valence electrons. The molecule has 0 spiro atoms. The van der Waals surface area contributed by atoms with Crippen LogP contribution in [0.25, 0.3) is 0 Å². The van der Waals surface area contributed by atoms with Crippen molar-refractivity contribution in [2.75, 3.05) is 17.3 Å². The molecule has 2 aromatic carbocycles. The molecule has 0 saturated heterocycles. The van der Waals surface area contributed by atoms with E-state index in [1.807, 2.05) is 31.3 Å². The van der Waals surface area contributed by atoms with Gasteiger partial charge in [-0.3, -0.25) is 4.79 Å². The van der Waals surface area contributed by atoms with E-state index in [4.69, 9.17) is 11.6 Å². The van der Waals surface area contributed by atoms with E-state index < -0.39 is 5.91 Å². The third-order valence-electron chi connectivity index (χ3n) is 4.84. The number of amides is 1. The number of halogens is 1. The van der Waals surface area contributed by atoms with Crippen LogP contribution in [0.5, 0.6) is 0 Å². The van der Waals surface area contributed by atoms with E-state index >= 15 is 0 Å². The molecule has 1 aliphatic heterocycles. The van der Waals surface area contributed by atoms with Crippen molar-refractivity contribution >= 4 is 28.9 Å². The van der Waals surface area contributed by atoms with Crippen molar-refractivity contribution in [1.82, 2.24) is 0 Å². The molecule has 5 heteroatoms. The molecule has 0 radical (unpaired) electrons. The number of carbonyl (C=O) groups is 1. The Kier molecular flexibility index (Phi) is 5.07. The summed E-state index contributed by atoms with van der Waals surface area (Å²) in [5.74, 6) is -0.488. The van der Waals surface area contributed by atoms with Gasteiger partial charge in [0.15, 0.2) is 0 Å². The van der Waals surface area contributed by atoms with Crippen LogP contribution in [-0.2, 0) is 10.2 Å². The molecule has 0 aromatic heterocycles. The van der Waals surface area contributed by atoms with E-state index in [-0.39, 0.29) is 11.0 Å². The van der Waals surface area contributed by atoms with Crippen LogP contribution in [0.1, 0.15) is 19.4 Å². The molecule has 0 saturated carbocycles. The molecule has 3 rings (SSSR count). The van der Waals surface area contributed by atoms with Crippen LogP contribution in [0.3, 0.4) is 0 Å². The van der Waals surface area contributed by atoms with Crippen molar-refractivity contribution < 1.29 is 4.79 Å². The van der Waals surface area contributed by atoms with Crippen LogP contribution in [0.4, 0.5) is 11.4 Å². The number of likely N-dealkylation sites (N-methyl/N-ethyl adjacent to an activating group) is 1. The maximum atomic E-state index is 12.5. The number of rotatable bonds is 3. The van der Waals surface area contributed by atoms with Gasteiger partial charge >= 0.3 is 0 Å². The first kappa shape index (κ1) is 18.8. The maximum absolute atomic E-state index is 12.5. The minimum Gasteiger partial charge on any atom is -0.347 e. The van der Waals surface area contributed by atoms with Crippen molar-refractivity contribution in [1.29, 1.82) is 5.26 Å². The average molecular weight is 378 g/mol. The predicted octanol–water partition coefficient (Wildman–Crippen LogP) is 5.04. The number of hydrogen-bond acceptors (Lipinski definition) is 3. The van der Waals surface area contributed by atoms with Gasteiger partial charge in [-0.2, -0.15) is 5.26 Å². The summed E-state index contributed by atoms with van der Waals surface area (Å²) >= 11 is 6.07. The maximum Gasteiger partial charge on any atom is 0.266 e. The third-order valence-corrected chi connectivity index (χ3v) is 5.17. The molecular formula is C22H20ClN3O. The van der Waals surface area contributed by atoms with Crippen molar-refractivity contribution in [3.63, 3.8) is 0 Å². The molecule has 0 aliphatic carbocycles. The normalized spacial score (nSPS) is 16.8. The monoisotopic (exact) mass is 377 g/mol. The second-order valence-electron chi connectivity index (χ2n) is 6.88. The Labute approximate surface area is 164 Å². The number of carbonyl (C=O) groups excluding carboxylic acids is 1. The van der Waals surface area contributed by atoms with Gasteiger partial charge in [-0.15, -0.1) is 0 Å². The van der Waals surface area contributed by atoms with E-state index in [1.165, 1.54) is 5.56 Å². The molecule has 0 bridgehead atoms. The lowest BCUT2D eigenvalue weighted by Gasteiger charge is -2.23. The Morgan fingerprint density at radius 2 is 1.85 bits per heavy atom. The Morgan fingerprint density at radius 3 is 2.52 bits per heavy atom. The SMILES string of the molecule is CN1/C(=C\C=C(/C#N)C(=O)Nc2ccccc2Cl)C(C)(C)c2ccccc21. The van der Waals surface area contributed by atoms with Crippen LogP contribution in [-0.4, -0.2) is 13.0 Å². The Hall–Kier alpha value is -3.03.